The lowest BCUT2D eigenvalue weighted by atomic mass is 9.89. The summed E-state index contributed by atoms with van der Waals surface area (Å²) in [6.07, 6.45) is 12.7. The molecule has 26 nitrogen and oxygen atoms in total. The predicted octanol–water partition coefficient (Wildman–Crippen LogP) is 15.2. The molecule has 27 heteroatoms. The van der Waals surface area contributed by atoms with Crippen LogP contribution in [-0.4, -0.2) is 103 Å². The molecule has 2 fully saturated rings. The molecule has 8 aromatic carbocycles. The van der Waals surface area contributed by atoms with E-state index in [4.69, 9.17) is 45.3 Å². The number of anilines is 8. The average Bonchev–Trinajstić information content (AvgIpc) is 1.65. The number of nitrogens with one attached hydrogen (secondary N) is 8. The monoisotopic (exact) mass is 1410 g/mol. The summed E-state index contributed by atoms with van der Waals surface area (Å²) in [5.74, 6) is 0.952. The largest absolute Gasteiger partial charge is 0.383 e. The van der Waals surface area contributed by atoms with E-state index in [0.717, 1.165) is 80.1 Å². The van der Waals surface area contributed by atoms with Crippen LogP contribution in [-0.2, 0) is 29.2 Å². The van der Waals surface area contributed by atoms with Crippen molar-refractivity contribution in [2.24, 2.45) is 5.92 Å². The summed E-state index contributed by atoms with van der Waals surface area (Å²) in [7, 11) is 3.27. The van der Waals surface area contributed by atoms with E-state index in [-0.39, 0.29) is 11.6 Å². The van der Waals surface area contributed by atoms with Gasteiger partial charge in [0.05, 0.1) is 51.8 Å². The molecule has 2 aliphatic carbocycles. The Bertz CT molecular complexity index is 4870. The van der Waals surface area contributed by atoms with E-state index < -0.39 is 29.4 Å². The molecular weight excluding hydrogens is 1330 g/mol. The van der Waals surface area contributed by atoms with Gasteiger partial charge in [0.15, 0.2) is 5.82 Å². The summed E-state index contributed by atoms with van der Waals surface area (Å²) in [5, 5.41) is 48.0. The molecule has 2 aliphatic rings. The lowest BCUT2D eigenvalue weighted by Crippen LogP contribution is -2.18. The highest BCUT2D eigenvalue weighted by molar-refractivity contribution is 5.96. The zero-order valence-electron chi connectivity index (χ0n) is 58.1. The molecular formula is C77H85FN16O10. The molecule has 14 rings (SSSR count). The van der Waals surface area contributed by atoms with Gasteiger partial charge in [-0.2, -0.15) is 0 Å². The molecule has 0 bridgehead atoms. The lowest BCUT2D eigenvalue weighted by Gasteiger charge is -2.25. The van der Waals surface area contributed by atoms with Gasteiger partial charge in [0.2, 0.25) is 23.8 Å². The first kappa shape index (κ1) is 73.6. The van der Waals surface area contributed by atoms with Crippen molar-refractivity contribution in [3.05, 3.63) is 216 Å². The number of halogens is 1. The molecule has 0 radical (unpaired) electrons. The fourth-order valence-corrected chi connectivity index (χ4v) is 13.0. The van der Waals surface area contributed by atoms with Gasteiger partial charge >= 0.3 is 0 Å². The van der Waals surface area contributed by atoms with Crippen LogP contribution in [0.25, 0.3) is 44.1 Å². The zero-order chi connectivity index (χ0) is 73.1. The first-order chi connectivity index (χ1) is 50.7. The first-order valence-corrected chi connectivity index (χ1v) is 34.5. The molecule has 540 valence electrons. The minimum atomic E-state index is -0.596. The molecule has 12 aromatic rings. The summed E-state index contributed by atoms with van der Waals surface area (Å²) in [6.45, 7) is 6.67. The van der Waals surface area contributed by atoms with Gasteiger partial charge in [0.1, 0.15) is 5.52 Å². The lowest BCUT2D eigenvalue weighted by molar-refractivity contribution is 0.0702. The Morgan fingerprint density at radius 2 is 0.904 bits per heavy atom. The quantitative estimate of drug-likeness (QED) is 0.0235. The number of ether oxygens (including phenoxy) is 2. The van der Waals surface area contributed by atoms with E-state index in [1.54, 1.807) is 121 Å². The first-order valence-electron chi connectivity index (χ1n) is 34.5. The Hall–Kier alpha value is -11.6. The van der Waals surface area contributed by atoms with Crippen LogP contribution in [0.1, 0.15) is 137 Å². The third kappa shape index (κ3) is 18.0. The summed E-state index contributed by atoms with van der Waals surface area (Å²) in [4.78, 5) is 64.3. The smallest absolute Gasteiger partial charge is 0.274 e. The van der Waals surface area contributed by atoms with Crippen molar-refractivity contribution >= 4 is 114 Å². The van der Waals surface area contributed by atoms with Gasteiger partial charge in [-0.25, -0.2) is 46.2 Å². The minimum Gasteiger partial charge on any atom is -0.383 e. The number of amides is 4. The van der Waals surface area contributed by atoms with Gasteiger partial charge in [0.25, 0.3) is 23.6 Å². The van der Waals surface area contributed by atoms with Gasteiger partial charge in [0, 0.05) is 84.4 Å². The third-order valence-electron chi connectivity index (χ3n) is 18.2. The van der Waals surface area contributed by atoms with E-state index in [1.165, 1.54) is 70.3 Å². The molecule has 0 unspecified atom stereocenters. The van der Waals surface area contributed by atoms with Crippen molar-refractivity contribution in [3.63, 3.8) is 0 Å². The van der Waals surface area contributed by atoms with Crippen molar-refractivity contribution in [1.29, 1.82) is 0 Å². The van der Waals surface area contributed by atoms with E-state index in [2.05, 4.69) is 78.1 Å². The predicted molar refractivity (Wildman–Crippen MR) is 396 cm³/mol. The Morgan fingerprint density at radius 3 is 1.40 bits per heavy atom. The van der Waals surface area contributed by atoms with Crippen LogP contribution in [0.5, 0.6) is 0 Å². The summed E-state index contributed by atoms with van der Waals surface area (Å²) >= 11 is 0. The molecule has 0 aliphatic heterocycles. The molecule has 0 saturated heterocycles. The molecule has 4 heterocycles. The van der Waals surface area contributed by atoms with Crippen molar-refractivity contribution < 1.29 is 53.9 Å². The highest BCUT2D eigenvalue weighted by Gasteiger charge is 2.24. The Morgan fingerprint density at radius 1 is 0.462 bits per heavy atom. The Kier molecular flexibility index (Phi) is 25.0. The van der Waals surface area contributed by atoms with Crippen molar-refractivity contribution in [3.8, 4) is 0 Å². The number of carbonyl (C=O) groups excluding carboxylic acids is 4. The van der Waals surface area contributed by atoms with E-state index >= 15 is 0 Å². The number of imidazole rings is 4. The minimum absolute atomic E-state index is 0.218. The topological polar surface area (TPSA) is 335 Å². The Balaban J connectivity index is 0.000000139. The summed E-state index contributed by atoms with van der Waals surface area (Å²) in [5.41, 5.74) is 19.4. The van der Waals surface area contributed by atoms with Crippen LogP contribution in [0.2, 0.25) is 0 Å². The van der Waals surface area contributed by atoms with E-state index in [1.807, 2.05) is 71.3 Å². The number of fused-ring (bicyclic) bond motifs is 4. The Labute approximate surface area is 599 Å². The average molecular weight is 1410 g/mol. The molecule has 12 N–H and O–H groups in total. The van der Waals surface area contributed by atoms with E-state index in [0.29, 0.717) is 71.1 Å². The maximum absolute atomic E-state index is 14.0. The summed E-state index contributed by atoms with van der Waals surface area (Å²) < 4.78 is 32.9. The second-order valence-electron chi connectivity index (χ2n) is 25.5. The van der Waals surface area contributed by atoms with Gasteiger partial charge in [-0.05, 0) is 197 Å². The number of hydroxylamine groups is 4. The second-order valence-corrected chi connectivity index (χ2v) is 25.5. The van der Waals surface area contributed by atoms with Crippen LogP contribution >= 0.6 is 0 Å². The van der Waals surface area contributed by atoms with Crippen LogP contribution in [0.4, 0.5) is 50.9 Å². The van der Waals surface area contributed by atoms with Crippen molar-refractivity contribution in [2.45, 2.75) is 110 Å². The standard InChI is InChI=1S/C21H24N4O2.C20H22N4O2.C19H22N4O3.C17H17FN4O3/c26-20(24-27)16-10-12-17(13-11-16)22-21-23-18-8-4-5-9-19(18)25(21)14-15-6-2-1-3-7-15;25-19(23-26)14-10-12-15(13-11-14)21-20-22-17-8-4-5-9-18(17)24(20)16-6-2-1-3-7-16;1-12(2)23-17-9-4-13(11-26-3)10-16(17)21-19(23)20-15-7-5-14(6-8-15)18(24)22-25;1-25-10-9-22-14-4-2-3-13(18)15(14)20-17(22)19-12-7-5-11(6-8-12)16(23)21-24/h4-5,8-13,15,27H,1-3,6-7,14H2,(H,22,23)(H,24,26);4-5,8-13,16,26H,1-3,6-7H2,(H,21,22)(H,23,25);4-10,12,25H,11H2,1-3H3,(H,20,21)(H,22,24);2-8,24H,9-10H2,1H3,(H,19,20)(H,21,23). The normalized spacial score (nSPS) is 13.1. The molecule has 104 heavy (non-hydrogen) atoms. The van der Waals surface area contributed by atoms with Crippen molar-refractivity contribution in [1.82, 2.24) is 60.1 Å². The number of carbonyl (C=O) groups is 4. The maximum Gasteiger partial charge on any atom is 0.274 e. The van der Waals surface area contributed by atoms with Crippen LogP contribution in [0.3, 0.4) is 0 Å². The van der Waals surface area contributed by atoms with Gasteiger partial charge in [-0.1, -0.05) is 74.9 Å². The fourth-order valence-electron chi connectivity index (χ4n) is 13.0. The summed E-state index contributed by atoms with van der Waals surface area (Å²) in [6, 6.07) is 55.2. The second kappa shape index (κ2) is 35.3. The van der Waals surface area contributed by atoms with Gasteiger partial charge < -0.3 is 49.0 Å². The number of rotatable bonds is 21. The molecule has 2 saturated carbocycles. The van der Waals surface area contributed by atoms with Crippen molar-refractivity contribution in [2.75, 3.05) is 42.1 Å². The number of nitrogens with zero attached hydrogens (tertiary/aromatic N) is 8. The third-order valence-corrected chi connectivity index (χ3v) is 18.2. The molecule has 4 amide bonds. The molecule has 0 spiro atoms. The number of hydrogen-bond donors (Lipinski definition) is 12. The number of benzene rings is 8. The number of aromatic nitrogens is 8. The maximum atomic E-state index is 14.0. The number of para-hydroxylation sites is 5. The highest BCUT2D eigenvalue weighted by Crippen LogP contribution is 2.37. The van der Waals surface area contributed by atoms with Gasteiger partial charge in [-0.3, -0.25) is 40.0 Å². The van der Waals surface area contributed by atoms with Gasteiger partial charge in [-0.15, -0.1) is 0 Å². The molecule has 4 aromatic heterocycles. The molecule has 0 atom stereocenters. The van der Waals surface area contributed by atoms with Crippen LogP contribution < -0.4 is 43.2 Å². The van der Waals surface area contributed by atoms with E-state index in [9.17, 15) is 23.6 Å². The fraction of sp³-hybridized carbons (Fsp3) is 0.273. The SMILES string of the molecule is COCCn1c(Nc2ccc(C(=O)NO)cc2)nc2c(F)cccc21.COCc1ccc2c(c1)nc(Nc1ccc(C(=O)NO)cc1)n2C(C)C.O=C(NO)c1ccc(Nc2nc3ccccc3n2C2CCCCC2)cc1.O=C(NO)c1ccc(Nc2nc3ccccc3n2CC2CCCCC2)cc1. The number of hydrogen-bond acceptors (Lipinski definition) is 18. The highest BCUT2D eigenvalue weighted by atomic mass is 19.1. The number of methoxy groups -OCH3 is 2. The van der Waals surface area contributed by atoms with Crippen LogP contribution in [0.15, 0.2) is 182 Å². The van der Waals surface area contributed by atoms with Crippen LogP contribution in [0, 0.1) is 11.7 Å². The zero-order valence-corrected chi connectivity index (χ0v) is 58.1.